The standard InChI is InChI=1S/5Cs.K.Rb.Tl.7H. The molecule has 0 aromatic carbocycles. The third-order valence-corrected chi connectivity index (χ3v) is 0. The second-order valence-corrected chi connectivity index (χ2v) is 0. The van der Waals surface area contributed by atoms with Gasteiger partial charge in [-0.2, -0.15) is 0 Å². The molecular weight excluding hydrogens is 993 g/mol. The van der Waals surface area contributed by atoms with Crippen LogP contribution in [0.5, 0.6) is 0 Å². The summed E-state index contributed by atoms with van der Waals surface area (Å²) in [6.45, 7) is 0. The van der Waals surface area contributed by atoms with Crippen LogP contribution in [-0.2, 0) is 0 Å². The van der Waals surface area contributed by atoms with Gasteiger partial charge >= 0.3 is 454 Å². The van der Waals surface area contributed by atoms with Gasteiger partial charge < -0.3 is 0 Å². The summed E-state index contributed by atoms with van der Waals surface area (Å²) < 4.78 is 0. The first-order valence-electron chi connectivity index (χ1n) is 0. The monoisotopic (exact) mass is 1000 g/mol. The van der Waals surface area contributed by atoms with Gasteiger partial charge in [0.25, 0.3) is 0 Å². The topological polar surface area (TPSA) is 0 Å². The van der Waals surface area contributed by atoms with E-state index in [1.165, 1.54) is 0 Å². The quantitative estimate of drug-likeness (QED) is 0.214. The van der Waals surface area contributed by atoms with Gasteiger partial charge in [-0.1, -0.05) is 0 Å². The van der Waals surface area contributed by atoms with Gasteiger partial charge in [0.1, 0.15) is 0 Å². The first-order valence-corrected chi connectivity index (χ1v) is 0. The molecule has 0 saturated heterocycles. The van der Waals surface area contributed by atoms with Crippen LogP contribution in [0.2, 0.25) is 0 Å². The molecule has 0 bridgehead atoms. The van der Waals surface area contributed by atoms with Gasteiger partial charge in [-0.3, -0.25) is 0 Å². The summed E-state index contributed by atoms with van der Waals surface area (Å²) in [4.78, 5) is 0. The van der Waals surface area contributed by atoms with Crippen molar-refractivity contribution in [2.24, 2.45) is 0 Å². The minimum absolute atomic E-state index is 0. The van der Waals surface area contributed by atoms with Crippen molar-refractivity contribution in [3.63, 3.8) is 0 Å². The Balaban J connectivity index is 0. The summed E-state index contributed by atoms with van der Waals surface area (Å²) in [5.74, 6) is 0. The maximum absolute atomic E-state index is 0. The fourth-order valence-corrected chi connectivity index (χ4v) is 0. The average molecular weight is 1000 g/mol. The van der Waals surface area contributed by atoms with Gasteiger partial charge in [0.15, 0.2) is 0 Å². The Kier molecular flexibility index (Phi) is 266. The number of hydrogen-bond acceptors (Lipinski definition) is 0. The number of rotatable bonds is 0. The van der Waals surface area contributed by atoms with Gasteiger partial charge in [-0.15, -0.1) is 0 Å². The average Bonchev–Trinajstić information content (AvgIpc) is 0. The van der Waals surface area contributed by atoms with Crippen LogP contribution in [0.15, 0.2) is 0 Å². The van der Waals surface area contributed by atoms with E-state index >= 15 is 0 Å². The fraction of sp³-hybridized carbons (Fsp3) is 0. The fourth-order valence-electron chi connectivity index (χ4n) is 0. The summed E-state index contributed by atoms with van der Waals surface area (Å²) in [6.07, 6.45) is 0. The van der Waals surface area contributed by atoms with Crippen LogP contribution in [0.1, 0.15) is 0 Å². The largest absolute Gasteiger partial charge is 0 e. The van der Waals surface area contributed by atoms with E-state index in [-0.39, 0.29) is 481 Å². The zero-order valence-electron chi connectivity index (χ0n) is 0.577. The van der Waals surface area contributed by atoms with E-state index in [0.717, 1.165) is 0 Å². The molecule has 1 radical (unpaired) electrons. The van der Waals surface area contributed by atoms with Gasteiger partial charge in [0.2, 0.25) is 0 Å². The maximum Gasteiger partial charge on any atom is 0 e. The summed E-state index contributed by atoms with van der Waals surface area (Å²) in [5, 5.41) is 0. The van der Waals surface area contributed by atoms with Crippen molar-refractivity contribution in [1.82, 2.24) is 0 Å². The zero-order chi connectivity index (χ0) is 0. The molecule has 0 aliphatic heterocycles. The van der Waals surface area contributed by atoms with E-state index in [4.69, 9.17) is 0 Å². The second-order valence-electron chi connectivity index (χ2n) is 0. The Labute approximate surface area is 458 Å². The molecule has 0 heterocycles. The molecular formula is H7Cs5KRbTl. The first kappa shape index (κ1) is 49.5. The van der Waals surface area contributed by atoms with E-state index < -0.39 is 0 Å². The summed E-state index contributed by atoms with van der Waals surface area (Å²) >= 11 is 0. The van der Waals surface area contributed by atoms with Crippen molar-refractivity contribution in [3.8, 4) is 0 Å². The molecule has 0 amide bonds. The minimum Gasteiger partial charge on any atom is 0 e. The molecule has 0 spiro atoms. The van der Waals surface area contributed by atoms with Crippen LogP contribution in [0.25, 0.3) is 0 Å². The zero-order valence-corrected chi connectivity index (χ0v) is 5.07. The molecule has 0 atom stereocenters. The summed E-state index contributed by atoms with van der Waals surface area (Å²) in [6, 6.07) is 0. The SMILES string of the molecule is [CsH].[CsH].[CsH].[CsH].[CsH].[KH].[RbH].[Tl]. The van der Waals surface area contributed by atoms with Crippen molar-refractivity contribution < 1.29 is 0 Å². The van der Waals surface area contributed by atoms with Crippen molar-refractivity contribution in [2.75, 3.05) is 0 Å². The van der Waals surface area contributed by atoms with Crippen molar-refractivity contribution in [2.45, 2.75) is 0 Å². The van der Waals surface area contributed by atoms with Crippen LogP contribution in [0, 0.1) is 0 Å². The molecule has 0 rings (SSSR count). The molecule has 0 unspecified atom stereocenters. The molecule has 0 aliphatic rings. The molecule has 0 aromatic heterocycles. The molecule has 8 heteroatoms. The van der Waals surface area contributed by atoms with E-state index in [0.29, 0.717) is 0 Å². The number of hydrogen-bond donors (Lipinski definition) is 0. The third-order valence-electron chi connectivity index (χ3n) is 0. The van der Waals surface area contributed by atoms with E-state index in [1.54, 1.807) is 0 Å². The molecule has 0 N–H and O–H groups in total. The van der Waals surface area contributed by atoms with Crippen molar-refractivity contribution in [1.29, 1.82) is 0 Å². The maximum atomic E-state index is 0. The van der Waals surface area contributed by atoms with E-state index in [1.807, 2.05) is 0 Å². The Morgan fingerprint density at radius 1 is 0.500 bits per heavy atom. The van der Waals surface area contributed by atoms with E-state index in [2.05, 4.69) is 0 Å². The second kappa shape index (κ2) is 43.0. The van der Waals surface area contributed by atoms with Crippen LogP contribution in [-0.4, -0.2) is 481 Å². The third kappa shape index (κ3) is 37.1. The van der Waals surface area contributed by atoms with Crippen LogP contribution >= 0.6 is 0 Å². The molecule has 0 fully saturated rings. The normalized spacial score (nSPS) is 0. The summed E-state index contributed by atoms with van der Waals surface area (Å²) in [7, 11) is 0. The predicted molar refractivity (Wildman–Crippen MR) is 55.8 cm³/mol. The smallest absolute Gasteiger partial charge is 0 e. The Bertz CT molecular complexity index is 12.4. The Morgan fingerprint density at radius 2 is 0.500 bits per heavy atom. The Morgan fingerprint density at radius 3 is 0.500 bits per heavy atom. The van der Waals surface area contributed by atoms with Crippen LogP contribution < -0.4 is 0 Å². The summed E-state index contributed by atoms with van der Waals surface area (Å²) in [5.41, 5.74) is 0. The molecule has 0 nitrogen and oxygen atoms in total. The van der Waals surface area contributed by atoms with Gasteiger partial charge in [0.05, 0.1) is 0 Å². The van der Waals surface area contributed by atoms with Gasteiger partial charge in [-0.05, 0) is 0 Å². The van der Waals surface area contributed by atoms with Gasteiger partial charge in [0, 0.05) is 27.3 Å². The van der Waals surface area contributed by atoms with Crippen molar-refractivity contribution >= 4 is 481 Å². The molecule has 8 heavy (non-hydrogen) atoms. The van der Waals surface area contributed by atoms with E-state index in [9.17, 15) is 0 Å². The molecule has 0 aliphatic carbocycles. The minimum atomic E-state index is 0. The molecule has 17 valence electrons. The van der Waals surface area contributed by atoms with Gasteiger partial charge in [-0.25, -0.2) is 0 Å². The van der Waals surface area contributed by atoms with Crippen LogP contribution in [0.4, 0.5) is 0 Å². The predicted octanol–water partition coefficient (Wildman–Crippen LogP) is -4.92. The molecule has 0 aromatic rings. The van der Waals surface area contributed by atoms with Crippen LogP contribution in [0.3, 0.4) is 0 Å². The Hall–Kier alpha value is 14.6. The molecule has 0 saturated carbocycles. The van der Waals surface area contributed by atoms with Crippen molar-refractivity contribution in [3.05, 3.63) is 0 Å². The first-order chi connectivity index (χ1) is 0.